The van der Waals surface area contributed by atoms with Crippen molar-refractivity contribution in [2.75, 3.05) is 0 Å². The molecule has 2 heteroatoms. The van der Waals surface area contributed by atoms with Gasteiger partial charge in [0.1, 0.15) is 0 Å². The number of ether oxygens (including phenoxy) is 1. The van der Waals surface area contributed by atoms with Gasteiger partial charge in [-0.25, -0.2) is 0 Å². The third-order valence-electron chi connectivity index (χ3n) is 2.68. The topological polar surface area (TPSA) is 9.23 Å². The molecular formula is C15H15BrO. The summed E-state index contributed by atoms with van der Waals surface area (Å²) in [5.41, 5.74) is 2.40. The van der Waals surface area contributed by atoms with E-state index in [1.54, 1.807) is 0 Å². The van der Waals surface area contributed by atoms with E-state index in [2.05, 4.69) is 47.1 Å². The van der Waals surface area contributed by atoms with Crippen LogP contribution in [0.3, 0.4) is 0 Å². The van der Waals surface area contributed by atoms with Gasteiger partial charge in [0.05, 0.1) is 12.7 Å². The van der Waals surface area contributed by atoms with Gasteiger partial charge in [0, 0.05) is 4.47 Å². The molecular weight excluding hydrogens is 276 g/mol. The lowest BCUT2D eigenvalue weighted by Crippen LogP contribution is -2.00. The van der Waals surface area contributed by atoms with E-state index < -0.39 is 0 Å². The molecule has 1 nitrogen and oxygen atoms in total. The average molecular weight is 291 g/mol. The number of rotatable bonds is 4. The SMILES string of the molecule is CC(OCc1ccccc1)c1ccc(Br)cc1. The highest BCUT2D eigenvalue weighted by molar-refractivity contribution is 9.10. The summed E-state index contributed by atoms with van der Waals surface area (Å²) in [6, 6.07) is 18.5. The molecule has 0 aromatic heterocycles. The third kappa shape index (κ3) is 3.69. The van der Waals surface area contributed by atoms with Crippen LogP contribution in [0.1, 0.15) is 24.2 Å². The van der Waals surface area contributed by atoms with Crippen molar-refractivity contribution in [1.29, 1.82) is 0 Å². The molecule has 1 atom stereocenters. The molecule has 0 N–H and O–H groups in total. The van der Waals surface area contributed by atoms with Crippen LogP contribution in [-0.4, -0.2) is 0 Å². The van der Waals surface area contributed by atoms with Crippen LogP contribution in [0.25, 0.3) is 0 Å². The molecule has 1 unspecified atom stereocenters. The molecule has 17 heavy (non-hydrogen) atoms. The molecule has 0 spiro atoms. The summed E-state index contributed by atoms with van der Waals surface area (Å²) in [5.74, 6) is 0. The van der Waals surface area contributed by atoms with Gasteiger partial charge in [0.2, 0.25) is 0 Å². The Hall–Kier alpha value is -1.12. The highest BCUT2D eigenvalue weighted by atomic mass is 79.9. The second-order valence-electron chi connectivity index (χ2n) is 3.99. The molecule has 2 aromatic rings. The lowest BCUT2D eigenvalue weighted by molar-refractivity contribution is 0.0525. The van der Waals surface area contributed by atoms with Crippen molar-refractivity contribution < 1.29 is 4.74 Å². The van der Waals surface area contributed by atoms with E-state index in [1.807, 2.05) is 30.3 Å². The van der Waals surface area contributed by atoms with Crippen LogP contribution < -0.4 is 0 Å². The molecule has 0 aliphatic carbocycles. The Bertz CT molecular complexity index is 450. The maximum absolute atomic E-state index is 5.84. The first kappa shape index (κ1) is 12.3. The van der Waals surface area contributed by atoms with Gasteiger partial charge in [-0.3, -0.25) is 0 Å². The average Bonchev–Trinajstić information content (AvgIpc) is 2.38. The van der Waals surface area contributed by atoms with Gasteiger partial charge in [0.15, 0.2) is 0 Å². The van der Waals surface area contributed by atoms with Crippen LogP contribution in [0.15, 0.2) is 59.1 Å². The molecule has 88 valence electrons. The van der Waals surface area contributed by atoms with Gasteiger partial charge in [-0.2, -0.15) is 0 Å². The quantitative estimate of drug-likeness (QED) is 0.791. The summed E-state index contributed by atoms with van der Waals surface area (Å²) in [7, 11) is 0. The summed E-state index contributed by atoms with van der Waals surface area (Å²) in [6.07, 6.45) is 0.114. The van der Waals surface area contributed by atoms with Crippen LogP contribution >= 0.6 is 15.9 Å². The smallest absolute Gasteiger partial charge is 0.0801 e. The van der Waals surface area contributed by atoms with Crippen molar-refractivity contribution >= 4 is 15.9 Å². The molecule has 0 aliphatic rings. The summed E-state index contributed by atoms with van der Waals surface area (Å²) < 4.78 is 6.93. The molecule has 0 amide bonds. The van der Waals surface area contributed by atoms with Crippen molar-refractivity contribution in [3.8, 4) is 0 Å². The molecule has 0 bridgehead atoms. The number of benzene rings is 2. The van der Waals surface area contributed by atoms with E-state index in [4.69, 9.17) is 4.74 Å². The van der Waals surface area contributed by atoms with Gasteiger partial charge >= 0.3 is 0 Å². The molecule has 2 rings (SSSR count). The van der Waals surface area contributed by atoms with E-state index in [0.29, 0.717) is 6.61 Å². The van der Waals surface area contributed by atoms with Crippen LogP contribution in [0.4, 0.5) is 0 Å². The first-order valence-corrected chi connectivity index (χ1v) is 6.46. The molecule has 0 fully saturated rings. The zero-order chi connectivity index (χ0) is 12.1. The largest absolute Gasteiger partial charge is 0.369 e. The zero-order valence-electron chi connectivity index (χ0n) is 9.77. The minimum atomic E-state index is 0.114. The molecule has 0 aliphatic heterocycles. The standard InChI is InChI=1S/C15H15BrO/c1-12(14-7-9-15(16)10-8-14)17-11-13-5-3-2-4-6-13/h2-10,12H,11H2,1H3. The Kier molecular flexibility index (Phi) is 4.35. The lowest BCUT2D eigenvalue weighted by Gasteiger charge is -2.13. The predicted molar refractivity (Wildman–Crippen MR) is 73.8 cm³/mol. The number of hydrogen-bond acceptors (Lipinski definition) is 1. The molecule has 2 aromatic carbocycles. The minimum Gasteiger partial charge on any atom is -0.369 e. The van der Waals surface area contributed by atoms with E-state index in [9.17, 15) is 0 Å². The van der Waals surface area contributed by atoms with Crippen molar-refractivity contribution in [1.82, 2.24) is 0 Å². The summed E-state index contributed by atoms with van der Waals surface area (Å²) in [5, 5.41) is 0. The first-order chi connectivity index (χ1) is 8.25. The third-order valence-corrected chi connectivity index (χ3v) is 3.21. The second kappa shape index (κ2) is 5.99. The number of hydrogen-bond donors (Lipinski definition) is 0. The van der Waals surface area contributed by atoms with E-state index in [1.165, 1.54) is 11.1 Å². The Morgan fingerprint density at radius 2 is 1.65 bits per heavy atom. The number of halogens is 1. The van der Waals surface area contributed by atoms with Crippen LogP contribution in [-0.2, 0) is 11.3 Å². The normalized spacial score (nSPS) is 12.4. The van der Waals surface area contributed by atoms with Gasteiger partial charge in [-0.05, 0) is 30.2 Å². The maximum atomic E-state index is 5.84. The Labute approximate surface area is 111 Å². The van der Waals surface area contributed by atoms with Crippen molar-refractivity contribution in [3.05, 3.63) is 70.2 Å². The van der Waals surface area contributed by atoms with E-state index in [0.717, 1.165) is 4.47 Å². The van der Waals surface area contributed by atoms with E-state index in [-0.39, 0.29) is 6.10 Å². The Morgan fingerprint density at radius 1 is 1.00 bits per heavy atom. The molecule has 0 saturated heterocycles. The van der Waals surface area contributed by atoms with Crippen LogP contribution in [0.5, 0.6) is 0 Å². The van der Waals surface area contributed by atoms with Crippen molar-refractivity contribution in [2.45, 2.75) is 19.6 Å². The van der Waals surface area contributed by atoms with Crippen LogP contribution in [0, 0.1) is 0 Å². The van der Waals surface area contributed by atoms with Gasteiger partial charge < -0.3 is 4.74 Å². The second-order valence-corrected chi connectivity index (χ2v) is 4.91. The first-order valence-electron chi connectivity index (χ1n) is 5.66. The molecule has 0 heterocycles. The summed E-state index contributed by atoms with van der Waals surface area (Å²) >= 11 is 3.43. The van der Waals surface area contributed by atoms with Crippen molar-refractivity contribution in [2.24, 2.45) is 0 Å². The minimum absolute atomic E-state index is 0.114. The van der Waals surface area contributed by atoms with Gasteiger partial charge in [-0.15, -0.1) is 0 Å². The fourth-order valence-corrected chi connectivity index (χ4v) is 1.89. The Balaban J connectivity index is 1.93. The fourth-order valence-electron chi connectivity index (χ4n) is 1.63. The van der Waals surface area contributed by atoms with Gasteiger partial charge in [0.25, 0.3) is 0 Å². The Morgan fingerprint density at radius 3 is 2.29 bits per heavy atom. The predicted octanol–water partition coefficient (Wildman–Crippen LogP) is 4.73. The van der Waals surface area contributed by atoms with E-state index >= 15 is 0 Å². The maximum Gasteiger partial charge on any atom is 0.0801 e. The summed E-state index contributed by atoms with van der Waals surface area (Å²) in [6.45, 7) is 2.73. The highest BCUT2D eigenvalue weighted by Gasteiger charge is 2.05. The zero-order valence-corrected chi connectivity index (χ0v) is 11.4. The molecule has 0 radical (unpaired) electrons. The monoisotopic (exact) mass is 290 g/mol. The van der Waals surface area contributed by atoms with Crippen LogP contribution in [0.2, 0.25) is 0 Å². The van der Waals surface area contributed by atoms with Gasteiger partial charge in [-0.1, -0.05) is 58.4 Å². The molecule has 0 saturated carbocycles. The fraction of sp³-hybridized carbons (Fsp3) is 0.200. The van der Waals surface area contributed by atoms with Crippen molar-refractivity contribution in [3.63, 3.8) is 0 Å². The highest BCUT2D eigenvalue weighted by Crippen LogP contribution is 2.20. The summed E-state index contributed by atoms with van der Waals surface area (Å²) in [4.78, 5) is 0. The lowest BCUT2D eigenvalue weighted by atomic mass is 10.1.